The number of piperidine rings is 1. The highest BCUT2D eigenvalue weighted by Crippen LogP contribution is 2.33. The van der Waals surface area contributed by atoms with Gasteiger partial charge in [0.15, 0.2) is 0 Å². The van der Waals surface area contributed by atoms with Crippen molar-refractivity contribution < 1.29 is 4.79 Å². The number of likely N-dealkylation sites (tertiary alicyclic amines) is 2. The summed E-state index contributed by atoms with van der Waals surface area (Å²) in [5.74, 6) is 0.293. The molecule has 0 aromatic carbocycles. The minimum Gasteiger partial charge on any atom is -0.341 e. The van der Waals surface area contributed by atoms with E-state index in [-0.39, 0.29) is 5.54 Å². The summed E-state index contributed by atoms with van der Waals surface area (Å²) in [5.41, 5.74) is 6.02. The van der Waals surface area contributed by atoms with Crippen LogP contribution < -0.4 is 5.73 Å². The van der Waals surface area contributed by atoms with Gasteiger partial charge in [-0.2, -0.15) is 0 Å². The average molecular weight is 265 g/mol. The molecule has 1 saturated carbocycles. The van der Waals surface area contributed by atoms with Crippen molar-refractivity contribution in [3.63, 3.8) is 0 Å². The number of hydrogen-bond acceptors (Lipinski definition) is 3. The smallest absolute Gasteiger partial charge is 0.224 e. The summed E-state index contributed by atoms with van der Waals surface area (Å²) in [4.78, 5) is 17.0. The number of carbonyl (C=O) groups excluding carboxylic acids is 1. The first-order valence-corrected chi connectivity index (χ1v) is 7.97. The monoisotopic (exact) mass is 265 g/mol. The van der Waals surface area contributed by atoms with E-state index < -0.39 is 0 Å². The van der Waals surface area contributed by atoms with Gasteiger partial charge in [0, 0.05) is 31.1 Å². The molecule has 1 unspecified atom stereocenters. The Morgan fingerprint density at radius 1 is 1.11 bits per heavy atom. The average Bonchev–Trinajstić information content (AvgIpc) is 2.87. The zero-order chi connectivity index (χ0) is 13.3. The molecule has 1 atom stereocenters. The van der Waals surface area contributed by atoms with Gasteiger partial charge in [0.05, 0.1) is 0 Å². The second-order valence-electron chi connectivity index (χ2n) is 6.77. The Labute approximate surface area is 116 Å². The molecule has 3 fully saturated rings. The van der Waals surface area contributed by atoms with Crippen molar-refractivity contribution in [1.29, 1.82) is 0 Å². The second-order valence-corrected chi connectivity index (χ2v) is 6.77. The number of hydrogen-bond donors (Lipinski definition) is 1. The van der Waals surface area contributed by atoms with Gasteiger partial charge in [-0.05, 0) is 51.6 Å². The Bertz CT molecular complexity index is 334. The highest BCUT2D eigenvalue weighted by atomic mass is 16.2. The molecule has 4 nitrogen and oxygen atoms in total. The summed E-state index contributed by atoms with van der Waals surface area (Å²) < 4.78 is 0. The van der Waals surface area contributed by atoms with E-state index >= 15 is 0 Å². The van der Waals surface area contributed by atoms with Gasteiger partial charge >= 0.3 is 0 Å². The topological polar surface area (TPSA) is 49.6 Å². The van der Waals surface area contributed by atoms with E-state index in [2.05, 4.69) is 9.80 Å². The lowest BCUT2D eigenvalue weighted by atomic mass is 9.75. The van der Waals surface area contributed by atoms with Crippen LogP contribution in [0.1, 0.15) is 51.4 Å². The number of amides is 1. The van der Waals surface area contributed by atoms with Crippen LogP contribution in [0.25, 0.3) is 0 Å². The van der Waals surface area contributed by atoms with Crippen LogP contribution in [0.3, 0.4) is 0 Å². The molecule has 3 rings (SSSR count). The van der Waals surface area contributed by atoms with Crippen LogP contribution in [0.2, 0.25) is 0 Å². The normalized spacial score (nSPS) is 31.2. The van der Waals surface area contributed by atoms with E-state index in [0.29, 0.717) is 18.4 Å². The van der Waals surface area contributed by atoms with Crippen LogP contribution in [0.15, 0.2) is 0 Å². The molecule has 19 heavy (non-hydrogen) atoms. The summed E-state index contributed by atoms with van der Waals surface area (Å²) >= 11 is 0. The third kappa shape index (κ3) is 2.95. The fraction of sp³-hybridized carbons (Fsp3) is 0.933. The molecule has 1 amide bonds. The molecular weight excluding hydrogens is 238 g/mol. The van der Waals surface area contributed by atoms with Gasteiger partial charge in [-0.1, -0.05) is 6.42 Å². The van der Waals surface area contributed by atoms with Crippen molar-refractivity contribution in [1.82, 2.24) is 9.80 Å². The fourth-order valence-corrected chi connectivity index (χ4v) is 3.77. The molecule has 2 N–H and O–H groups in total. The SMILES string of the molecule is NC1(CC(=O)N2CCC(N3CCCCC3)C2)CCC1. The Morgan fingerprint density at radius 3 is 2.47 bits per heavy atom. The lowest BCUT2D eigenvalue weighted by Gasteiger charge is -2.38. The second kappa shape index (κ2) is 5.41. The van der Waals surface area contributed by atoms with Crippen LogP contribution in [-0.2, 0) is 4.79 Å². The van der Waals surface area contributed by atoms with E-state index in [1.54, 1.807) is 0 Å². The third-order valence-corrected chi connectivity index (χ3v) is 5.28. The summed E-state index contributed by atoms with van der Waals surface area (Å²) in [6.45, 7) is 4.34. The molecule has 2 saturated heterocycles. The van der Waals surface area contributed by atoms with Crippen LogP contribution in [-0.4, -0.2) is 53.5 Å². The minimum absolute atomic E-state index is 0.166. The van der Waals surface area contributed by atoms with Crippen molar-refractivity contribution in [2.45, 2.75) is 62.9 Å². The first kappa shape index (κ1) is 13.4. The molecule has 1 aliphatic carbocycles. The lowest BCUT2D eigenvalue weighted by Crippen LogP contribution is -2.50. The first-order valence-electron chi connectivity index (χ1n) is 7.97. The molecule has 0 spiro atoms. The largest absolute Gasteiger partial charge is 0.341 e. The molecule has 0 aromatic rings. The Balaban J connectivity index is 1.49. The van der Waals surface area contributed by atoms with Crippen molar-refractivity contribution in [2.24, 2.45) is 5.73 Å². The predicted octanol–water partition coefficient (Wildman–Crippen LogP) is 1.34. The Morgan fingerprint density at radius 2 is 1.84 bits per heavy atom. The summed E-state index contributed by atoms with van der Waals surface area (Å²) in [7, 11) is 0. The van der Waals surface area contributed by atoms with Crippen LogP contribution in [0.5, 0.6) is 0 Å². The van der Waals surface area contributed by atoms with Crippen LogP contribution in [0.4, 0.5) is 0 Å². The zero-order valence-corrected chi connectivity index (χ0v) is 11.9. The van der Waals surface area contributed by atoms with E-state index in [1.165, 1.54) is 38.8 Å². The third-order valence-electron chi connectivity index (χ3n) is 5.28. The van der Waals surface area contributed by atoms with Crippen LogP contribution in [0, 0.1) is 0 Å². The maximum absolute atomic E-state index is 12.3. The van der Waals surface area contributed by atoms with E-state index in [9.17, 15) is 4.79 Å². The molecule has 0 radical (unpaired) electrons. The number of rotatable bonds is 3. The molecule has 0 aromatic heterocycles. The van der Waals surface area contributed by atoms with E-state index in [4.69, 9.17) is 5.73 Å². The van der Waals surface area contributed by atoms with Gasteiger partial charge in [0.2, 0.25) is 5.91 Å². The van der Waals surface area contributed by atoms with Gasteiger partial charge in [0.25, 0.3) is 0 Å². The van der Waals surface area contributed by atoms with Gasteiger partial charge in [-0.25, -0.2) is 0 Å². The molecule has 2 heterocycles. The molecule has 0 bridgehead atoms. The van der Waals surface area contributed by atoms with Gasteiger partial charge in [-0.3, -0.25) is 9.69 Å². The van der Waals surface area contributed by atoms with E-state index in [1.807, 2.05) is 0 Å². The highest BCUT2D eigenvalue weighted by Gasteiger charge is 2.38. The van der Waals surface area contributed by atoms with E-state index in [0.717, 1.165) is 32.4 Å². The summed E-state index contributed by atoms with van der Waals surface area (Å²) in [6, 6.07) is 0.611. The minimum atomic E-state index is -0.166. The number of carbonyl (C=O) groups is 1. The van der Waals surface area contributed by atoms with Crippen molar-refractivity contribution >= 4 is 5.91 Å². The Kier molecular flexibility index (Phi) is 3.81. The van der Waals surface area contributed by atoms with Crippen molar-refractivity contribution in [2.75, 3.05) is 26.2 Å². The molecular formula is C15H27N3O. The highest BCUT2D eigenvalue weighted by molar-refractivity contribution is 5.78. The fourth-order valence-electron chi connectivity index (χ4n) is 3.77. The first-order chi connectivity index (χ1) is 9.16. The van der Waals surface area contributed by atoms with Gasteiger partial charge in [0.1, 0.15) is 0 Å². The number of nitrogens with two attached hydrogens (primary N) is 1. The zero-order valence-electron chi connectivity index (χ0n) is 11.9. The molecule has 3 aliphatic rings. The van der Waals surface area contributed by atoms with Crippen molar-refractivity contribution in [3.05, 3.63) is 0 Å². The van der Waals surface area contributed by atoms with Gasteiger partial charge < -0.3 is 10.6 Å². The standard InChI is InChI=1S/C15H27N3O/c16-15(6-4-7-15)11-14(19)18-10-5-13(12-18)17-8-2-1-3-9-17/h13H,1-12,16H2. The maximum atomic E-state index is 12.3. The molecule has 108 valence electrons. The van der Waals surface area contributed by atoms with Crippen molar-refractivity contribution in [3.8, 4) is 0 Å². The maximum Gasteiger partial charge on any atom is 0.224 e. The molecule has 2 aliphatic heterocycles. The number of nitrogens with zero attached hydrogens (tertiary/aromatic N) is 2. The lowest BCUT2D eigenvalue weighted by molar-refractivity contribution is -0.132. The van der Waals surface area contributed by atoms with Crippen LogP contribution >= 0.6 is 0 Å². The quantitative estimate of drug-likeness (QED) is 0.838. The van der Waals surface area contributed by atoms with Gasteiger partial charge in [-0.15, -0.1) is 0 Å². The molecule has 4 heteroatoms. The summed E-state index contributed by atoms with van der Waals surface area (Å²) in [6.07, 6.45) is 9.02. The Hall–Kier alpha value is -0.610. The predicted molar refractivity (Wildman–Crippen MR) is 75.8 cm³/mol. The summed E-state index contributed by atoms with van der Waals surface area (Å²) in [5, 5.41) is 0.